The summed E-state index contributed by atoms with van der Waals surface area (Å²) in [6.45, 7) is 4.47. The second-order valence-corrected chi connectivity index (χ2v) is 5.80. The Labute approximate surface area is 119 Å². The van der Waals surface area contributed by atoms with Gasteiger partial charge < -0.3 is 10.2 Å². The third-order valence-corrected chi connectivity index (χ3v) is 4.27. The molecule has 4 nitrogen and oxygen atoms in total. The van der Waals surface area contributed by atoms with E-state index in [1.54, 1.807) is 18.0 Å². The number of carbonyl (C=O) groups is 1. The molecule has 0 saturated carbocycles. The third-order valence-electron chi connectivity index (χ3n) is 3.43. The standard InChI is InChI=1S/C14H21N3OS/c1-11(10-19-2)14(18)17-7-6-16-9-13(17)12-4-3-5-15-8-12/h3-5,8,11,13,16H,6-7,9-10H2,1-2H3. The highest BCUT2D eigenvalue weighted by atomic mass is 32.2. The first kappa shape index (κ1) is 14.3. The van der Waals surface area contributed by atoms with Crippen molar-refractivity contribution in [3.63, 3.8) is 0 Å². The van der Waals surface area contributed by atoms with Crippen molar-refractivity contribution in [2.75, 3.05) is 31.6 Å². The minimum atomic E-state index is 0.0762. The minimum Gasteiger partial charge on any atom is -0.333 e. The first-order chi connectivity index (χ1) is 9.24. The second kappa shape index (κ2) is 6.91. The van der Waals surface area contributed by atoms with Gasteiger partial charge in [-0.3, -0.25) is 9.78 Å². The summed E-state index contributed by atoms with van der Waals surface area (Å²) >= 11 is 1.72. The zero-order chi connectivity index (χ0) is 13.7. The summed E-state index contributed by atoms with van der Waals surface area (Å²) in [7, 11) is 0. The summed E-state index contributed by atoms with van der Waals surface area (Å²) in [5.74, 6) is 1.21. The molecule has 19 heavy (non-hydrogen) atoms. The van der Waals surface area contributed by atoms with Gasteiger partial charge >= 0.3 is 0 Å². The summed E-state index contributed by atoms with van der Waals surface area (Å²) in [4.78, 5) is 18.7. The van der Waals surface area contributed by atoms with Gasteiger partial charge in [-0.1, -0.05) is 13.0 Å². The number of rotatable bonds is 4. The van der Waals surface area contributed by atoms with E-state index < -0.39 is 0 Å². The van der Waals surface area contributed by atoms with Crippen LogP contribution in [0, 0.1) is 5.92 Å². The molecule has 1 fully saturated rings. The number of pyridine rings is 1. The maximum Gasteiger partial charge on any atom is 0.226 e. The van der Waals surface area contributed by atoms with Crippen LogP contribution < -0.4 is 5.32 Å². The molecule has 2 rings (SSSR count). The van der Waals surface area contributed by atoms with Gasteiger partial charge in [-0.05, 0) is 17.9 Å². The molecule has 0 aromatic carbocycles. The predicted molar refractivity (Wildman–Crippen MR) is 79.1 cm³/mol. The fourth-order valence-electron chi connectivity index (χ4n) is 2.44. The average Bonchev–Trinajstić information content (AvgIpc) is 2.47. The SMILES string of the molecule is CSCC(C)C(=O)N1CCNCC1c1cccnc1. The second-order valence-electron chi connectivity index (χ2n) is 4.89. The van der Waals surface area contributed by atoms with Crippen LogP contribution in [0.2, 0.25) is 0 Å². The topological polar surface area (TPSA) is 45.2 Å². The maximum absolute atomic E-state index is 12.5. The van der Waals surface area contributed by atoms with Crippen molar-refractivity contribution in [1.29, 1.82) is 0 Å². The molecule has 1 amide bonds. The quantitative estimate of drug-likeness (QED) is 0.908. The van der Waals surface area contributed by atoms with E-state index in [-0.39, 0.29) is 17.9 Å². The molecule has 5 heteroatoms. The molecule has 1 aromatic heterocycles. The van der Waals surface area contributed by atoms with E-state index in [9.17, 15) is 4.79 Å². The predicted octanol–water partition coefficient (Wildman–Crippen LogP) is 1.55. The van der Waals surface area contributed by atoms with E-state index >= 15 is 0 Å². The van der Waals surface area contributed by atoms with E-state index in [2.05, 4.69) is 10.3 Å². The number of aromatic nitrogens is 1. The lowest BCUT2D eigenvalue weighted by Crippen LogP contribution is -2.50. The largest absolute Gasteiger partial charge is 0.333 e. The Kier molecular flexibility index (Phi) is 5.22. The maximum atomic E-state index is 12.5. The Balaban J connectivity index is 2.14. The summed E-state index contributed by atoms with van der Waals surface area (Å²) in [5, 5.41) is 3.36. The van der Waals surface area contributed by atoms with Crippen molar-refractivity contribution in [3.05, 3.63) is 30.1 Å². The van der Waals surface area contributed by atoms with Crippen molar-refractivity contribution in [1.82, 2.24) is 15.2 Å². The molecule has 0 aliphatic carbocycles. The lowest BCUT2D eigenvalue weighted by Gasteiger charge is -2.37. The molecule has 2 unspecified atom stereocenters. The van der Waals surface area contributed by atoms with Gasteiger partial charge in [-0.2, -0.15) is 11.8 Å². The Morgan fingerprint density at radius 3 is 3.21 bits per heavy atom. The Bertz CT molecular complexity index is 412. The lowest BCUT2D eigenvalue weighted by atomic mass is 10.0. The molecule has 1 aliphatic rings. The van der Waals surface area contributed by atoms with E-state index in [4.69, 9.17) is 0 Å². The van der Waals surface area contributed by atoms with Crippen molar-refractivity contribution in [2.45, 2.75) is 13.0 Å². The molecule has 1 saturated heterocycles. The summed E-state index contributed by atoms with van der Waals surface area (Å²) in [6, 6.07) is 4.08. The smallest absolute Gasteiger partial charge is 0.226 e. The number of piperazine rings is 1. The van der Waals surface area contributed by atoms with E-state index in [1.807, 2.05) is 36.4 Å². The third kappa shape index (κ3) is 3.48. The van der Waals surface area contributed by atoms with Crippen LogP contribution in [-0.2, 0) is 4.79 Å². The van der Waals surface area contributed by atoms with Crippen LogP contribution in [0.5, 0.6) is 0 Å². The molecule has 1 N–H and O–H groups in total. The number of hydrogen-bond donors (Lipinski definition) is 1. The summed E-state index contributed by atoms with van der Waals surface area (Å²) < 4.78 is 0. The first-order valence-corrected chi connectivity index (χ1v) is 8.03. The number of carbonyl (C=O) groups excluding carboxylic acids is 1. The molecule has 2 heterocycles. The molecule has 0 spiro atoms. The Morgan fingerprint density at radius 2 is 2.53 bits per heavy atom. The number of hydrogen-bond acceptors (Lipinski definition) is 4. The number of amides is 1. The van der Waals surface area contributed by atoms with Crippen LogP contribution in [0.4, 0.5) is 0 Å². The zero-order valence-corrected chi connectivity index (χ0v) is 12.3. The van der Waals surface area contributed by atoms with Gasteiger partial charge in [0.15, 0.2) is 0 Å². The van der Waals surface area contributed by atoms with E-state index in [1.165, 1.54) is 0 Å². The van der Waals surface area contributed by atoms with Crippen molar-refractivity contribution in [3.8, 4) is 0 Å². The zero-order valence-electron chi connectivity index (χ0n) is 11.5. The highest BCUT2D eigenvalue weighted by Gasteiger charge is 2.30. The van der Waals surface area contributed by atoms with Crippen molar-refractivity contribution >= 4 is 17.7 Å². The van der Waals surface area contributed by atoms with Gasteiger partial charge in [0.05, 0.1) is 6.04 Å². The van der Waals surface area contributed by atoms with Crippen molar-refractivity contribution < 1.29 is 4.79 Å². The van der Waals surface area contributed by atoms with Gasteiger partial charge in [0.1, 0.15) is 0 Å². The van der Waals surface area contributed by atoms with Crippen LogP contribution in [0.15, 0.2) is 24.5 Å². The fraction of sp³-hybridized carbons (Fsp3) is 0.571. The molecular weight excluding hydrogens is 258 g/mol. The van der Waals surface area contributed by atoms with Crippen LogP contribution in [0.1, 0.15) is 18.5 Å². The molecule has 1 aromatic rings. The van der Waals surface area contributed by atoms with Crippen LogP contribution in [0.3, 0.4) is 0 Å². The molecule has 2 atom stereocenters. The highest BCUT2D eigenvalue weighted by Crippen LogP contribution is 2.24. The van der Waals surface area contributed by atoms with Crippen LogP contribution >= 0.6 is 11.8 Å². The van der Waals surface area contributed by atoms with Gasteiger partial charge in [-0.15, -0.1) is 0 Å². The van der Waals surface area contributed by atoms with E-state index in [0.29, 0.717) is 0 Å². The molecule has 1 aliphatic heterocycles. The fourth-order valence-corrected chi connectivity index (χ4v) is 3.09. The number of thioether (sulfide) groups is 1. The molecule has 0 radical (unpaired) electrons. The van der Waals surface area contributed by atoms with E-state index in [0.717, 1.165) is 31.0 Å². The monoisotopic (exact) mass is 279 g/mol. The lowest BCUT2D eigenvalue weighted by molar-refractivity contribution is -0.137. The first-order valence-electron chi connectivity index (χ1n) is 6.64. The number of nitrogens with one attached hydrogen (secondary N) is 1. The molecular formula is C14H21N3OS. The van der Waals surface area contributed by atoms with Gasteiger partial charge in [0, 0.05) is 43.7 Å². The normalized spacial score (nSPS) is 21.2. The van der Waals surface area contributed by atoms with Gasteiger partial charge in [0.25, 0.3) is 0 Å². The number of nitrogens with zero attached hydrogens (tertiary/aromatic N) is 2. The highest BCUT2D eigenvalue weighted by molar-refractivity contribution is 7.98. The summed E-state index contributed by atoms with van der Waals surface area (Å²) in [6.07, 6.45) is 5.67. The van der Waals surface area contributed by atoms with Crippen LogP contribution in [0.25, 0.3) is 0 Å². The summed E-state index contributed by atoms with van der Waals surface area (Å²) in [5.41, 5.74) is 1.11. The van der Waals surface area contributed by atoms with Gasteiger partial charge in [0.2, 0.25) is 5.91 Å². The Morgan fingerprint density at radius 1 is 1.68 bits per heavy atom. The minimum absolute atomic E-state index is 0.0762. The Hall–Kier alpha value is -1.07. The van der Waals surface area contributed by atoms with Crippen LogP contribution in [-0.4, -0.2) is 47.4 Å². The van der Waals surface area contributed by atoms with Gasteiger partial charge in [-0.25, -0.2) is 0 Å². The molecule has 0 bridgehead atoms. The van der Waals surface area contributed by atoms with Crippen molar-refractivity contribution in [2.24, 2.45) is 5.92 Å². The average molecular weight is 279 g/mol. The molecule has 104 valence electrons.